The molecular formula is C24H18BrNO3. The van der Waals surface area contributed by atoms with E-state index in [1.165, 1.54) is 4.90 Å². The fourth-order valence-electron chi connectivity index (χ4n) is 3.61. The van der Waals surface area contributed by atoms with Gasteiger partial charge in [-0.15, -0.1) is 0 Å². The van der Waals surface area contributed by atoms with Gasteiger partial charge in [-0.25, -0.2) is 0 Å². The maximum atomic E-state index is 13.0. The second-order valence-corrected chi connectivity index (χ2v) is 7.84. The van der Waals surface area contributed by atoms with E-state index in [-0.39, 0.29) is 11.3 Å². The molecule has 0 aliphatic carbocycles. The lowest BCUT2D eigenvalue weighted by atomic mass is 9.94. The van der Waals surface area contributed by atoms with E-state index >= 15 is 0 Å². The van der Waals surface area contributed by atoms with Gasteiger partial charge in [-0.05, 0) is 36.8 Å². The van der Waals surface area contributed by atoms with Crippen LogP contribution in [0.5, 0.6) is 0 Å². The summed E-state index contributed by atoms with van der Waals surface area (Å²) in [6, 6.07) is 23.0. The molecule has 0 aromatic heterocycles. The van der Waals surface area contributed by atoms with Gasteiger partial charge in [-0.3, -0.25) is 14.5 Å². The molecule has 1 heterocycles. The van der Waals surface area contributed by atoms with Gasteiger partial charge in [0.05, 0.1) is 11.6 Å². The highest BCUT2D eigenvalue weighted by Gasteiger charge is 2.46. The molecule has 4 rings (SSSR count). The van der Waals surface area contributed by atoms with Crippen LogP contribution >= 0.6 is 15.9 Å². The molecule has 0 saturated carbocycles. The molecule has 3 aromatic rings. The number of aliphatic hydroxyl groups excluding tert-OH is 1. The molecule has 1 amide bonds. The highest BCUT2D eigenvalue weighted by Crippen LogP contribution is 2.42. The Morgan fingerprint density at radius 3 is 2.28 bits per heavy atom. The van der Waals surface area contributed by atoms with Crippen molar-refractivity contribution in [3.8, 4) is 0 Å². The second kappa shape index (κ2) is 7.68. The quantitative estimate of drug-likeness (QED) is 0.332. The molecule has 3 aromatic carbocycles. The Bertz CT molecular complexity index is 1120. The summed E-state index contributed by atoms with van der Waals surface area (Å²) in [5, 5.41) is 11.0. The van der Waals surface area contributed by atoms with Crippen molar-refractivity contribution in [2.75, 3.05) is 4.90 Å². The maximum Gasteiger partial charge on any atom is 0.300 e. The molecule has 5 heteroatoms. The molecule has 1 aliphatic rings. The molecule has 1 N–H and O–H groups in total. The van der Waals surface area contributed by atoms with E-state index in [1.54, 1.807) is 36.4 Å². The summed E-state index contributed by atoms with van der Waals surface area (Å²) in [5.41, 5.74) is 2.95. The zero-order chi connectivity index (χ0) is 20.5. The van der Waals surface area contributed by atoms with Gasteiger partial charge in [0.2, 0.25) is 0 Å². The largest absolute Gasteiger partial charge is 0.507 e. The Kier molecular flexibility index (Phi) is 5.07. The third-order valence-corrected chi connectivity index (χ3v) is 5.48. The zero-order valence-electron chi connectivity index (χ0n) is 15.7. The lowest BCUT2D eigenvalue weighted by molar-refractivity contribution is -0.132. The highest BCUT2D eigenvalue weighted by molar-refractivity contribution is 9.10. The Labute approximate surface area is 177 Å². The topological polar surface area (TPSA) is 57.6 Å². The first-order valence-corrected chi connectivity index (χ1v) is 9.95. The Balaban J connectivity index is 1.95. The molecule has 1 aliphatic heterocycles. The molecule has 1 atom stereocenters. The number of hydrogen-bond donors (Lipinski definition) is 1. The van der Waals surface area contributed by atoms with Gasteiger partial charge in [0, 0.05) is 15.7 Å². The van der Waals surface area contributed by atoms with E-state index < -0.39 is 17.7 Å². The monoisotopic (exact) mass is 447 g/mol. The van der Waals surface area contributed by atoms with E-state index in [9.17, 15) is 14.7 Å². The van der Waals surface area contributed by atoms with Crippen molar-refractivity contribution in [2.24, 2.45) is 0 Å². The number of carbonyl (C=O) groups is 2. The van der Waals surface area contributed by atoms with Crippen molar-refractivity contribution in [3.05, 3.63) is 106 Å². The molecule has 0 radical (unpaired) electrons. The third-order valence-electron chi connectivity index (χ3n) is 4.95. The van der Waals surface area contributed by atoms with Gasteiger partial charge in [0.1, 0.15) is 5.76 Å². The van der Waals surface area contributed by atoms with Crippen molar-refractivity contribution < 1.29 is 14.7 Å². The summed E-state index contributed by atoms with van der Waals surface area (Å²) in [6.07, 6.45) is 0. The van der Waals surface area contributed by atoms with E-state index in [4.69, 9.17) is 0 Å². The summed E-state index contributed by atoms with van der Waals surface area (Å²) in [6.45, 7) is 1.95. The van der Waals surface area contributed by atoms with Crippen LogP contribution in [0.2, 0.25) is 0 Å². The number of rotatable bonds is 3. The van der Waals surface area contributed by atoms with Crippen LogP contribution in [0.15, 0.2) is 88.9 Å². The molecule has 4 nitrogen and oxygen atoms in total. The van der Waals surface area contributed by atoms with Crippen LogP contribution in [0.25, 0.3) is 5.76 Å². The summed E-state index contributed by atoms with van der Waals surface area (Å²) < 4.78 is 0.856. The second-order valence-electron chi connectivity index (χ2n) is 6.93. The predicted octanol–water partition coefficient (Wildman–Crippen LogP) is 5.38. The lowest BCUT2D eigenvalue weighted by Gasteiger charge is -2.25. The third kappa shape index (κ3) is 3.49. The number of halogens is 1. The molecule has 29 heavy (non-hydrogen) atoms. The fraction of sp³-hybridized carbons (Fsp3) is 0.0833. The van der Waals surface area contributed by atoms with Gasteiger partial charge in [0.25, 0.3) is 11.7 Å². The van der Waals surface area contributed by atoms with Crippen LogP contribution in [-0.4, -0.2) is 16.8 Å². The van der Waals surface area contributed by atoms with E-state index in [2.05, 4.69) is 15.9 Å². The Morgan fingerprint density at radius 1 is 0.931 bits per heavy atom. The Morgan fingerprint density at radius 2 is 1.62 bits per heavy atom. The van der Waals surface area contributed by atoms with Crippen molar-refractivity contribution in [1.29, 1.82) is 0 Å². The first kappa shape index (κ1) is 19.2. The summed E-state index contributed by atoms with van der Waals surface area (Å²) in [7, 11) is 0. The SMILES string of the molecule is Cc1cccc(C2/C(=C(/O)c3ccc(Br)cc3)C(=O)C(=O)N2c2ccccc2)c1. The average molecular weight is 448 g/mol. The minimum atomic E-state index is -0.707. The number of amides is 1. The van der Waals surface area contributed by atoms with Gasteiger partial charge in [-0.1, -0.05) is 76.1 Å². The summed E-state index contributed by atoms with van der Waals surface area (Å²) in [4.78, 5) is 27.5. The lowest BCUT2D eigenvalue weighted by Crippen LogP contribution is -2.29. The van der Waals surface area contributed by atoms with E-state index in [0.29, 0.717) is 11.3 Å². The highest BCUT2D eigenvalue weighted by atomic mass is 79.9. The minimum Gasteiger partial charge on any atom is -0.507 e. The van der Waals surface area contributed by atoms with Crippen molar-refractivity contribution in [3.63, 3.8) is 0 Å². The molecule has 144 valence electrons. The van der Waals surface area contributed by atoms with Crippen LogP contribution in [0.1, 0.15) is 22.7 Å². The van der Waals surface area contributed by atoms with Crippen LogP contribution in [0, 0.1) is 6.92 Å². The number of anilines is 1. The van der Waals surface area contributed by atoms with E-state index in [1.807, 2.05) is 49.4 Å². The van der Waals surface area contributed by atoms with Crippen molar-refractivity contribution in [2.45, 2.75) is 13.0 Å². The molecule has 0 spiro atoms. The van der Waals surface area contributed by atoms with Crippen molar-refractivity contribution in [1.82, 2.24) is 0 Å². The number of nitrogens with zero attached hydrogens (tertiary/aromatic N) is 1. The van der Waals surface area contributed by atoms with Crippen LogP contribution in [0.4, 0.5) is 5.69 Å². The first-order valence-electron chi connectivity index (χ1n) is 9.16. The number of carbonyl (C=O) groups excluding carboxylic acids is 2. The fourth-order valence-corrected chi connectivity index (χ4v) is 3.87. The molecule has 1 unspecified atom stereocenters. The predicted molar refractivity (Wildman–Crippen MR) is 117 cm³/mol. The maximum absolute atomic E-state index is 13.0. The van der Waals surface area contributed by atoms with Gasteiger partial charge >= 0.3 is 0 Å². The smallest absolute Gasteiger partial charge is 0.300 e. The molecule has 1 saturated heterocycles. The number of ketones is 1. The molecule has 1 fully saturated rings. The van der Waals surface area contributed by atoms with Crippen LogP contribution in [0.3, 0.4) is 0 Å². The number of benzene rings is 3. The minimum absolute atomic E-state index is 0.0896. The molecule has 0 bridgehead atoms. The number of Topliss-reactive ketones (excluding diaryl/α,β-unsaturated/α-hetero) is 1. The van der Waals surface area contributed by atoms with Gasteiger partial charge < -0.3 is 5.11 Å². The number of aryl methyl sites for hydroxylation is 1. The van der Waals surface area contributed by atoms with Crippen LogP contribution < -0.4 is 4.90 Å². The number of aliphatic hydroxyl groups is 1. The number of para-hydroxylation sites is 1. The molecular weight excluding hydrogens is 430 g/mol. The summed E-state index contributed by atoms with van der Waals surface area (Å²) in [5.74, 6) is -1.53. The average Bonchev–Trinajstić information content (AvgIpc) is 2.99. The standard InChI is InChI=1S/C24H18BrNO3/c1-15-6-5-7-17(14-15)21-20(22(27)16-10-12-18(25)13-11-16)23(28)24(29)26(21)19-8-3-2-4-9-19/h2-14,21,27H,1H3/b22-20-. The normalized spacial score (nSPS) is 18.3. The zero-order valence-corrected chi connectivity index (χ0v) is 17.3. The Hall–Kier alpha value is -3.18. The van der Waals surface area contributed by atoms with E-state index in [0.717, 1.165) is 15.6 Å². The number of hydrogen-bond acceptors (Lipinski definition) is 3. The van der Waals surface area contributed by atoms with Gasteiger partial charge in [-0.2, -0.15) is 0 Å². The summed E-state index contributed by atoms with van der Waals surface area (Å²) >= 11 is 3.37. The van der Waals surface area contributed by atoms with Crippen LogP contribution in [-0.2, 0) is 9.59 Å². The van der Waals surface area contributed by atoms with Crippen molar-refractivity contribution >= 4 is 39.1 Å². The van der Waals surface area contributed by atoms with Gasteiger partial charge in [0.15, 0.2) is 0 Å². The first-order chi connectivity index (χ1) is 14.0.